The van der Waals surface area contributed by atoms with Gasteiger partial charge in [-0.05, 0) is 30.5 Å². The molecule has 1 aromatic carbocycles. The van der Waals surface area contributed by atoms with E-state index >= 15 is 0 Å². The van der Waals surface area contributed by atoms with Crippen molar-refractivity contribution in [3.05, 3.63) is 28.8 Å². The lowest BCUT2D eigenvalue weighted by atomic mass is 10.1. The third-order valence-corrected chi connectivity index (χ3v) is 2.36. The molecule has 0 aliphatic rings. The van der Waals surface area contributed by atoms with Crippen LogP contribution in [0.3, 0.4) is 0 Å². The van der Waals surface area contributed by atoms with Crippen molar-refractivity contribution in [2.24, 2.45) is 0 Å². The summed E-state index contributed by atoms with van der Waals surface area (Å²) in [4.78, 5) is 10.9. The van der Waals surface area contributed by atoms with E-state index in [-0.39, 0.29) is 5.91 Å². The summed E-state index contributed by atoms with van der Waals surface area (Å²) in [5.41, 5.74) is 3.07. The van der Waals surface area contributed by atoms with Gasteiger partial charge in [0.05, 0.1) is 7.11 Å². The maximum absolute atomic E-state index is 10.9. The second-order valence-corrected chi connectivity index (χ2v) is 3.70. The molecule has 0 aliphatic heterocycles. The van der Waals surface area contributed by atoms with Crippen LogP contribution < -0.4 is 10.1 Å². The van der Waals surface area contributed by atoms with Crippen LogP contribution in [0.2, 0.25) is 0 Å². The Labute approximate surface area is 95.2 Å². The van der Waals surface area contributed by atoms with Gasteiger partial charge in [-0.15, -0.1) is 0 Å². The lowest BCUT2D eigenvalue weighted by Crippen LogP contribution is -2.25. The Morgan fingerprint density at radius 2 is 1.94 bits per heavy atom. The molecule has 0 spiro atoms. The van der Waals surface area contributed by atoms with Crippen LogP contribution in [0.5, 0.6) is 5.75 Å². The Morgan fingerprint density at radius 3 is 2.38 bits per heavy atom. The van der Waals surface area contributed by atoms with E-state index in [0.717, 1.165) is 22.4 Å². The van der Waals surface area contributed by atoms with Crippen molar-refractivity contribution in [2.75, 3.05) is 13.7 Å². The number of benzene rings is 1. The average Bonchev–Trinajstić information content (AvgIpc) is 2.25. The summed E-state index contributed by atoms with van der Waals surface area (Å²) in [6.45, 7) is 3.87. The molecule has 0 aromatic heterocycles. The van der Waals surface area contributed by atoms with Crippen molar-refractivity contribution in [1.82, 2.24) is 5.32 Å². The number of aliphatic hydroxyl groups is 1. The number of hydrogen-bond acceptors (Lipinski definition) is 3. The number of carbonyl (C=O) groups excluding carboxylic acids is 1. The standard InChI is InChI=1S/C12H17NO3/c1-8-4-10(6-13-11(15)7-14)5-9(2)12(8)16-3/h4-5,14H,6-7H2,1-3H3,(H,13,15). The van der Waals surface area contributed by atoms with E-state index in [1.54, 1.807) is 7.11 Å². The molecule has 0 bridgehead atoms. The summed E-state index contributed by atoms with van der Waals surface area (Å²) in [5, 5.41) is 11.2. The SMILES string of the molecule is COc1c(C)cc(CNC(=O)CO)cc1C. The number of aliphatic hydroxyl groups excluding tert-OH is 1. The zero-order chi connectivity index (χ0) is 12.1. The summed E-state index contributed by atoms with van der Waals surface area (Å²) >= 11 is 0. The highest BCUT2D eigenvalue weighted by Crippen LogP contribution is 2.24. The summed E-state index contributed by atoms with van der Waals surface area (Å²) in [5.74, 6) is 0.503. The highest BCUT2D eigenvalue weighted by molar-refractivity contribution is 5.76. The number of carbonyl (C=O) groups is 1. The molecule has 0 radical (unpaired) electrons. The smallest absolute Gasteiger partial charge is 0.245 e. The molecular weight excluding hydrogens is 206 g/mol. The van der Waals surface area contributed by atoms with Crippen LogP contribution in [-0.2, 0) is 11.3 Å². The normalized spacial score (nSPS) is 10.0. The topological polar surface area (TPSA) is 58.6 Å². The lowest BCUT2D eigenvalue weighted by Gasteiger charge is -2.11. The molecular formula is C12H17NO3. The molecule has 88 valence electrons. The summed E-state index contributed by atoms with van der Waals surface area (Å²) in [7, 11) is 1.64. The van der Waals surface area contributed by atoms with Gasteiger partial charge in [0, 0.05) is 6.54 Å². The fraction of sp³-hybridized carbons (Fsp3) is 0.417. The van der Waals surface area contributed by atoms with Gasteiger partial charge in [-0.1, -0.05) is 12.1 Å². The van der Waals surface area contributed by atoms with Crippen molar-refractivity contribution >= 4 is 5.91 Å². The van der Waals surface area contributed by atoms with Crippen molar-refractivity contribution < 1.29 is 14.6 Å². The zero-order valence-electron chi connectivity index (χ0n) is 9.83. The number of nitrogens with one attached hydrogen (secondary N) is 1. The quantitative estimate of drug-likeness (QED) is 0.798. The van der Waals surface area contributed by atoms with Gasteiger partial charge >= 0.3 is 0 Å². The number of aryl methyl sites for hydroxylation is 2. The van der Waals surface area contributed by atoms with Crippen LogP contribution in [0.1, 0.15) is 16.7 Å². The monoisotopic (exact) mass is 223 g/mol. The first-order valence-electron chi connectivity index (χ1n) is 5.10. The summed E-state index contributed by atoms with van der Waals surface area (Å²) in [6.07, 6.45) is 0. The van der Waals surface area contributed by atoms with E-state index in [0.29, 0.717) is 6.54 Å². The first kappa shape index (κ1) is 12.5. The fourth-order valence-corrected chi connectivity index (χ4v) is 1.72. The van der Waals surface area contributed by atoms with Crippen LogP contribution in [0.4, 0.5) is 0 Å². The minimum absolute atomic E-state index is 0.369. The molecule has 4 nitrogen and oxygen atoms in total. The maximum atomic E-state index is 10.9. The first-order chi connectivity index (χ1) is 7.58. The predicted octanol–water partition coefficient (Wildman–Crippen LogP) is 0.921. The van der Waals surface area contributed by atoms with Gasteiger partial charge in [-0.25, -0.2) is 0 Å². The van der Waals surface area contributed by atoms with Crippen molar-refractivity contribution in [1.29, 1.82) is 0 Å². The largest absolute Gasteiger partial charge is 0.496 e. The van der Waals surface area contributed by atoms with Crippen LogP contribution in [0.15, 0.2) is 12.1 Å². The van der Waals surface area contributed by atoms with Gasteiger partial charge in [0.25, 0.3) is 0 Å². The molecule has 1 amide bonds. The van der Waals surface area contributed by atoms with Crippen LogP contribution >= 0.6 is 0 Å². The summed E-state index contributed by atoms with van der Waals surface area (Å²) < 4.78 is 5.25. The second-order valence-electron chi connectivity index (χ2n) is 3.70. The van der Waals surface area contributed by atoms with Gasteiger partial charge in [0.1, 0.15) is 12.4 Å². The van der Waals surface area contributed by atoms with E-state index in [1.807, 2.05) is 26.0 Å². The molecule has 0 saturated heterocycles. The molecule has 1 rings (SSSR count). The van der Waals surface area contributed by atoms with Gasteiger partial charge in [0.2, 0.25) is 5.91 Å². The minimum atomic E-state index is -0.478. The average molecular weight is 223 g/mol. The minimum Gasteiger partial charge on any atom is -0.496 e. The van der Waals surface area contributed by atoms with E-state index in [4.69, 9.17) is 9.84 Å². The molecule has 0 saturated carbocycles. The second kappa shape index (κ2) is 5.51. The molecule has 1 aromatic rings. The van der Waals surface area contributed by atoms with Crippen LogP contribution in [0.25, 0.3) is 0 Å². The predicted molar refractivity (Wildman–Crippen MR) is 61.4 cm³/mol. The van der Waals surface area contributed by atoms with E-state index in [9.17, 15) is 4.79 Å². The molecule has 0 fully saturated rings. The Balaban J connectivity index is 2.79. The third kappa shape index (κ3) is 2.97. The van der Waals surface area contributed by atoms with Crippen LogP contribution in [-0.4, -0.2) is 24.7 Å². The number of ether oxygens (including phenoxy) is 1. The first-order valence-corrected chi connectivity index (χ1v) is 5.10. The van der Waals surface area contributed by atoms with E-state index in [2.05, 4.69) is 5.32 Å². The van der Waals surface area contributed by atoms with Crippen molar-refractivity contribution in [3.8, 4) is 5.75 Å². The molecule has 0 atom stereocenters. The van der Waals surface area contributed by atoms with Gasteiger partial charge in [0.15, 0.2) is 0 Å². The number of amides is 1. The lowest BCUT2D eigenvalue weighted by molar-refractivity contribution is -0.123. The van der Waals surface area contributed by atoms with Gasteiger partial charge < -0.3 is 15.2 Å². The zero-order valence-corrected chi connectivity index (χ0v) is 9.83. The molecule has 16 heavy (non-hydrogen) atoms. The van der Waals surface area contributed by atoms with E-state index < -0.39 is 6.61 Å². The highest BCUT2D eigenvalue weighted by atomic mass is 16.5. The molecule has 0 unspecified atom stereocenters. The molecule has 0 aliphatic carbocycles. The summed E-state index contributed by atoms with van der Waals surface area (Å²) in [6, 6.07) is 3.92. The Bertz CT molecular complexity index is 365. The van der Waals surface area contributed by atoms with Gasteiger partial charge in [-0.2, -0.15) is 0 Å². The van der Waals surface area contributed by atoms with Crippen LogP contribution in [0, 0.1) is 13.8 Å². The van der Waals surface area contributed by atoms with Crippen molar-refractivity contribution in [3.63, 3.8) is 0 Å². The molecule has 0 heterocycles. The Morgan fingerprint density at radius 1 is 1.38 bits per heavy atom. The van der Waals surface area contributed by atoms with Crippen molar-refractivity contribution in [2.45, 2.75) is 20.4 Å². The fourth-order valence-electron chi connectivity index (χ4n) is 1.72. The number of hydrogen-bond donors (Lipinski definition) is 2. The van der Waals surface area contributed by atoms with E-state index in [1.165, 1.54) is 0 Å². The highest BCUT2D eigenvalue weighted by Gasteiger charge is 2.06. The maximum Gasteiger partial charge on any atom is 0.245 e. The Kier molecular flexibility index (Phi) is 4.31. The third-order valence-electron chi connectivity index (χ3n) is 2.36. The number of methoxy groups -OCH3 is 1. The molecule has 4 heteroatoms. The Hall–Kier alpha value is -1.55. The van der Waals surface area contributed by atoms with Gasteiger partial charge in [-0.3, -0.25) is 4.79 Å². The number of rotatable bonds is 4. The molecule has 2 N–H and O–H groups in total.